The molecular weight excluding hydrogens is 444 g/mol. The Morgan fingerprint density at radius 3 is 2.40 bits per heavy atom. The summed E-state index contributed by atoms with van der Waals surface area (Å²) in [6.07, 6.45) is -0.390. The smallest absolute Gasteiger partial charge is 0.267 e. The molecular formula is C28H30N2O5. The number of amides is 2. The number of rotatable bonds is 9. The second-order valence-electron chi connectivity index (χ2n) is 8.40. The first kappa shape index (κ1) is 24.1. The molecule has 4 rings (SSSR count). The molecule has 1 aliphatic rings. The number of hydrogen-bond donors (Lipinski definition) is 1. The Labute approximate surface area is 205 Å². The van der Waals surface area contributed by atoms with Crippen LogP contribution in [0.5, 0.6) is 17.2 Å². The number of aryl methyl sites for hydroxylation is 1. The highest BCUT2D eigenvalue weighted by atomic mass is 16.5. The van der Waals surface area contributed by atoms with Gasteiger partial charge in [0.25, 0.3) is 5.91 Å². The van der Waals surface area contributed by atoms with Crippen molar-refractivity contribution in [1.82, 2.24) is 0 Å². The van der Waals surface area contributed by atoms with E-state index in [1.54, 1.807) is 30.0 Å². The summed E-state index contributed by atoms with van der Waals surface area (Å²) in [5.41, 5.74) is 3.31. The lowest BCUT2D eigenvalue weighted by atomic mass is 10.1. The summed E-state index contributed by atoms with van der Waals surface area (Å²) in [4.78, 5) is 27.0. The second-order valence-corrected chi connectivity index (χ2v) is 8.40. The van der Waals surface area contributed by atoms with Gasteiger partial charge < -0.3 is 24.4 Å². The van der Waals surface area contributed by atoms with E-state index in [0.29, 0.717) is 36.9 Å². The van der Waals surface area contributed by atoms with E-state index < -0.39 is 6.10 Å². The predicted octanol–water partition coefficient (Wildman–Crippen LogP) is 4.77. The number of benzene rings is 3. The van der Waals surface area contributed by atoms with Crippen molar-refractivity contribution in [2.45, 2.75) is 33.3 Å². The van der Waals surface area contributed by atoms with Crippen LogP contribution in [0.3, 0.4) is 0 Å². The van der Waals surface area contributed by atoms with E-state index in [0.717, 1.165) is 22.6 Å². The fraction of sp³-hybridized carbons (Fsp3) is 0.286. The molecule has 35 heavy (non-hydrogen) atoms. The molecule has 0 spiro atoms. The van der Waals surface area contributed by atoms with Crippen molar-refractivity contribution in [1.29, 1.82) is 0 Å². The molecule has 7 heteroatoms. The van der Waals surface area contributed by atoms with E-state index in [1.165, 1.54) is 0 Å². The van der Waals surface area contributed by atoms with Crippen LogP contribution in [0.1, 0.15) is 25.0 Å². The lowest BCUT2D eigenvalue weighted by Crippen LogP contribution is -2.46. The second kappa shape index (κ2) is 11.0. The highest BCUT2D eigenvalue weighted by molar-refractivity contribution is 6.00. The molecule has 1 N–H and O–H groups in total. The Morgan fingerprint density at radius 2 is 1.69 bits per heavy atom. The standard InChI is InChI=1S/C28H30N2O5/c1-4-33-23-12-7-21(8-13-23)17-27(31)29-22-9-14-25-26(18-22)35-20(3)28(32)30(25)15-16-34-24-10-5-19(2)6-11-24/h5-14,18,20H,4,15-17H2,1-3H3,(H,29,31). The van der Waals surface area contributed by atoms with Crippen molar-refractivity contribution < 1.29 is 23.8 Å². The largest absolute Gasteiger partial charge is 0.494 e. The van der Waals surface area contributed by atoms with Gasteiger partial charge in [-0.1, -0.05) is 29.8 Å². The highest BCUT2D eigenvalue weighted by Crippen LogP contribution is 2.36. The molecule has 1 heterocycles. The van der Waals surface area contributed by atoms with Crippen LogP contribution in [0.2, 0.25) is 0 Å². The average Bonchev–Trinajstić information content (AvgIpc) is 2.84. The number of nitrogens with one attached hydrogen (secondary N) is 1. The number of carbonyl (C=O) groups excluding carboxylic acids is 2. The van der Waals surface area contributed by atoms with Gasteiger partial charge in [0.1, 0.15) is 23.9 Å². The van der Waals surface area contributed by atoms with E-state index in [4.69, 9.17) is 14.2 Å². The molecule has 0 bridgehead atoms. The van der Waals surface area contributed by atoms with Gasteiger partial charge in [-0.25, -0.2) is 0 Å². The molecule has 0 radical (unpaired) electrons. The van der Waals surface area contributed by atoms with Crippen LogP contribution < -0.4 is 24.4 Å². The normalized spacial score (nSPS) is 14.7. The first-order chi connectivity index (χ1) is 16.9. The van der Waals surface area contributed by atoms with Crippen LogP contribution in [0.15, 0.2) is 66.7 Å². The molecule has 1 atom stereocenters. The molecule has 1 unspecified atom stereocenters. The van der Waals surface area contributed by atoms with Crippen molar-refractivity contribution in [2.75, 3.05) is 30.0 Å². The van der Waals surface area contributed by atoms with Crippen LogP contribution in [0.4, 0.5) is 11.4 Å². The average molecular weight is 475 g/mol. The first-order valence-corrected chi connectivity index (χ1v) is 11.8. The van der Waals surface area contributed by atoms with Gasteiger partial charge in [0.2, 0.25) is 5.91 Å². The summed E-state index contributed by atoms with van der Waals surface area (Å²) in [5, 5.41) is 2.91. The Hall–Kier alpha value is -4.00. The van der Waals surface area contributed by atoms with Crippen LogP contribution >= 0.6 is 0 Å². The number of hydrogen-bond acceptors (Lipinski definition) is 5. The van der Waals surface area contributed by atoms with Crippen molar-refractivity contribution in [3.8, 4) is 17.2 Å². The monoisotopic (exact) mass is 474 g/mol. The minimum Gasteiger partial charge on any atom is -0.494 e. The topological polar surface area (TPSA) is 77.1 Å². The summed E-state index contributed by atoms with van der Waals surface area (Å²) in [6.45, 7) is 7.00. The summed E-state index contributed by atoms with van der Waals surface area (Å²) in [5.74, 6) is 1.82. The Bertz CT molecular complexity index is 1170. The lowest BCUT2D eigenvalue weighted by molar-refractivity contribution is -0.125. The molecule has 3 aromatic rings. The van der Waals surface area contributed by atoms with Crippen LogP contribution in [0.25, 0.3) is 0 Å². The molecule has 1 aliphatic heterocycles. The zero-order valence-corrected chi connectivity index (χ0v) is 20.2. The van der Waals surface area contributed by atoms with Gasteiger partial charge in [-0.05, 0) is 62.7 Å². The Balaban J connectivity index is 1.39. The number of ether oxygens (including phenoxy) is 3. The molecule has 0 saturated carbocycles. The summed E-state index contributed by atoms with van der Waals surface area (Å²) in [6, 6.07) is 20.6. The maximum Gasteiger partial charge on any atom is 0.267 e. The molecule has 0 fully saturated rings. The number of carbonyl (C=O) groups is 2. The fourth-order valence-electron chi connectivity index (χ4n) is 3.87. The number of anilines is 2. The van der Waals surface area contributed by atoms with Crippen molar-refractivity contribution in [2.24, 2.45) is 0 Å². The molecule has 7 nitrogen and oxygen atoms in total. The van der Waals surface area contributed by atoms with Gasteiger partial charge in [-0.3, -0.25) is 9.59 Å². The zero-order chi connectivity index (χ0) is 24.8. The van der Waals surface area contributed by atoms with Gasteiger partial charge >= 0.3 is 0 Å². The van der Waals surface area contributed by atoms with Gasteiger partial charge in [0.15, 0.2) is 6.10 Å². The molecule has 2 amide bonds. The zero-order valence-electron chi connectivity index (χ0n) is 20.2. The predicted molar refractivity (Wildman–Crippen MR) is 136 cm³/mol. The first-order valence-electron chi connectivity index (χ1n) is 11.8. The third-order valence-corrected chi connectivity index (χ3v) is 5.66. The fourth-order valence-corrected chi connectivity index (χ4v) is 3.87. The molecule has 0 aliphatic carbocycles. The van der Waals surface area contributed by atoms with Gasteiger partial charge in [-0.15, -0.1) is 0 Å². The minimum absolute atomic E-state index is 0.128. The van der Waals surface area contributed by atoms with E-state index in [9.17, 15) is 9.59 Å². The van der Waals surface area contributed by atoms with Crippen molar-refractivity contribution in [3.63, 3.8) is 0 Å². The summed E-state index contributed by atoms with van der Waals surface area (Å²) in [7, 11) is 0. The molecule has 3 aromatic carbocycles. The van der Waals surface area contributed by atoms with Gasteiger partial charge in [0, 0.05) is 11.8 Å². The van der Waals surface area contributed by atoms with Crippen LogP contribution in [0, 0.1) is 6.92 Å². The van der Waals surface area contributed by atoms with Gasteiger partial charge in [0.05, 0.1) is 25.3 Å². The quantitative estimate of drug-likeness (QED) is 0.484. The van der Waals surface area contributed by atoms with E-state index >= 15 is 0 Å². The summed E-state index contributed by atoms with van der Waals surface area (Å²) < 4.78 is 17.1. The third kappa shape index (κ3) is 6.12. The third-order valence-electron chi connectivity index (χ3n) is 5.66. The van der Waals surface area contributed by atoms with E-state index in [-0.39, 0.29) is 18.2 Å². The minimum atomic E-state index is -0.628. The SMILES string of the molecule is CCOc1ccc(CC(=O)Nc2ccc3c(c2)OC(C)C(=O)N3CCOc2ccc(C)cc2)cc1. The van der Waals surface area contributed by atoms with Gasteiger partial charge in [-0.2, -0.15) is 0 Å². The van der Waals surface area contributed by atoms with E-state index in [1.807, 2.05) is 62.4 Å². The molecule has 182 valence electrons. The summed E-state index contributed by atoms with van der Waals surface area (Å²) >= 11 is 0. The molecule has 0 saturated heterocycles. The van der Waals surface area contributed by atoms with Crippen molar-refractivity contribution >= 4 is 23.2 Å². The lowest BCUT2D eigenvalue weighted by Gasteiger charge is -2.33. The van der Waals surface area contributed by atoms with Crippen molar-refractivity contribution in [3.05, 3.63) is 77.9 Å². The van der Waals surface area contributed by atoms with Crippen LogP contribution in [-0.2, 0) is 16.0 Å². The maximum atomic E-state index is 12.8. The molecule has 0 aromatic heterocycles. The highest BCUT2D eigenvalue weighted by Gasteiger charge is 2.31. The maximum absolute atomic E-state index is 12.8. The Kier molecular flexibility index (Phi) is 7.55. The Morgan fingerprint density at radius 1 is 1.00 bits per heavy atom. The number of fused-ring (bicyclic) bond motifs is 1. The number of nitrogens with zero attached hydrogens (tertiary/aromatic N) is 1. The van der Waals surface area contributed by atoms with Crippen LogP contribution in [-0.4, -0.2) is 37.7 Å². The van der Waals surface area contributed by atoms with E-state index in [2.05, 4.69) is 5.32 Å².